The first kappa shape index (κ1) is 8.50. The van der Waals surface area contributed by atoms with Crippen LogP contribution >= 0.6 is 0 Å². The second kappa shape index (κ2) is 3.74. The molecule has 0 bridgehead atoms. The second-order valence-corrected chi connectivity index (χ2v) is 2.70. The van der Waals surface area contributed by atoms with E-state index < -0.39 is 0 Å². The monoisotopic (exact) mass is 186 g/mol. The molecule has 0 aliphatic heterocycles. The Kier molecular flexibility index (Phi) is 2.27. The van der Waals surface area contributed by atoms with Crippen molar-refractivity contribution in [2.45, 2.75) is 0 Å². The summed E-state index contributed by atoms with van der Waals surface area (Å²) in [6.07, 6.45) is 4.20. The Labute approximate surface area is 81.1 Å². The zero-order valence-electron chi connectivity index (χ0n) is 7.34. The molecule has 1 heterocycles. The minimum absolute atomic E-state index is 0.192. The highest BCUT2D eigenvalue weighted by Gasteiger charge is 2.03. The molecule has 1 amide bonds. The maximum Gasteiger partial charge on any atom is 0.271 e. The van der Waals surface area contributed by atoms with Gasteiger partial charge in [-0.05, 0) is 18.2 Å². The number of hydrogen-bond acceptors (Lipinski definition) is 2. The molecule has 0 atom stereocenters. The standard InChI is InChI=1S/C10H8N3O/c14-10(9-5-2-1-3-6-9)12-13-8-4-7-11-13/h1-6,8H,(H,12,14). The molecule has 1 aromatic carbocycles. The van der Waals surface area contributed by atoms with Crippen LogP contribution in [0, 0.1) is 6.20 Å². The van der Waals surface area contributed by atoms with Crippen LogP contribution in [-0.2, 0) is 0 Å². The summed E-state index contributed by atoms with van der Waals surface area (Å²) in [6.45, 7) is 0. The summed E-state index contributed by atoms with van der Waals surface area (Å²) in [6, 6.07) is 10.6. The summed E-state index contributed by atoms with van der Waals surface area (Å²) in [7, 11) is 0. The van der Waals surface area contributed by atoms with Crippen molar-refractivity contribution in [2.75, 3.05) is 5.43 Å². The van der Waals surface area contributed by atoms with E-state index >= 15 is 0 Å². The van der Waals surface area contributed by atoms with Crippen molar-refractivity contribution in [1.29, 1.82) is 0 Å². The molecule has 0 unspecified atom stereocenters. The lowest BCUT2D eigenvalue weighted by Gasteiger charge is -2.03. The lowest BCUT2D eigenvalue weighted by Crippen LogP contribution is -2.22. The number of nitrogens with zero attached hydrogens (tertiary/aromatic N) is 2. The van der Waals surface area contributed by atoms with E-state index in [4.69, 9.17) is 0 Å². The van der Waals surface area contributed by atoms with Crippen molar-refractivity contribution in [3.63, 3.8) is 0 Å². The Bertz CT molecular complexity index is 408. The minimum Gasteiger partial charge on any atom is -0.267 e. The number of nitrogens with one attached hydrogen (secondary N) is 1. The predicted octanol–water partition coefficient (Wildman–Crippen LogP) is 1.07. The summed E-state index contributed by atoms with van der Waals surface area (Å²) in [5, 5.41) is 3.74. The van der Waals surface area contributed by atoms with E-state index in [-0.39, 0.29) is 5.91 Å². The molecule has 1 aromatic heterocycles. The summed E-state index contributed by atoms with van der Waals surface area (Å²) < 4.78 is 0. The Morgan fingerprint density at radius 2 is 2.14 bits per heavy atom. The van der Waals surface area contributed by atoms with Crippen LogP contribution < -0.4 is 5.43 Å². The van der Waals surface area contributed by atoms with Crippen LogP contribution in [0.4, 0.5) is 0 Å². The van der Waals surface area contributed by atoms with Crippen LogP contribution in [0.3, 0.4) is 0 Å². The number of rotatable bonds is 2. The van der Waals surface area contributed by atoms with Crippen molar-refractivity contribution in [1.82, 2.24) is 9.89 Å². The van der Waals surface area contributed by atoms with Gasteiger partial charge in [0.05, 0.1) is 0 Å². The van der Waals surface area contributed by atoms with Gasteiger partial charge in [-0.15, -0.1) is 0 Å². The molecular weight excluding hydrogens is 178 g/mol. The largest absolute Gasteiger partial charge is 0.271 e. The molecule has 14 heavy (non-hydrogen) atoms. The van der Waals surface area contributed by atoms with Gasteiger partial charge in [0.25, 0.3) is 5.91 Å². The van der Waals surface area contributed by atoms with Crippen LogP contribution in [0.1, 0.15) is 10.4 Å². The third-order valence-electron chi connectivity index (χ3n) is 1.71. The van der Waals surface area contributed by atoms with E-state index in [1.54, 1.807) is 24.4 Å². The van der Waals surface area contributed by atoms with Crippen molar-refractivity contribution >= 4 is 5.91 Å². The van der Waals surface area contributed by atoms with Gasteiger partial charge in [-0.2, -0.15) is 9.89 Å². The fourth-order valence-corrected chi connectivity index (χ4v) is 1.05. The highest BCUT2D eigenvalue weighted by atomic mass is 16.2. The maximum absolute atomic E-state index is 11.5. The fraction of sp³-hybridized carbons (Fsp3) is 0. The summed E-state index contributed by atoms with van der Waals surface area (Å²) >= 11 is 0. The Hall–Kier alpha value is -2.10. The van der Waals surface area contributed by atoms with E-state index in [9.17, 15) is 4.79 Å². The first-order valence-electron chi connectivity index (χ1n) is 4.14. The Morgan fingerprint density at radius 3 is 2.79 bits per heavy atom. The third-order valence-corrected chi connectivity index (χ3v) is 1.71. The Balaban J connectivity index is 2.11. The van der Waals surface area contributed by atoms with Gasteiger partial charge in [0.15, 0.2) is 0 Å². The van der Waals surface area contributed by atoms with Gasteiger partial charge in [-0.25, -0.2) is 5.43 Å². The van der Waals surface area contributed by atoms with Crippen LogP contribution in [0.5, 0.6) is 0 Å². The van der Waals surface area contributed by atoms with Gasteiger partial charge in [0, 0.05) is 11.8 Å². The molecular formula is C10H8N3O. The van der Waals surface area contributed by atoms with Gasteiger partial charge in [-0.1, -0.05) is 18.2 Å². The van der Waals surface area contributed by atoms with E-state index in [0.717, 1.165) is 0 Å². The van der Waals surface area contributed by atoms with Crippen molar-refractivity contribution in [3.05, 3.63) is 54.4 Å². The Morgan fingerprint density at radius 1 is 1.36 bits per heavy atom. The smallest absolute Gasteiger partial charge is 0.267 e. The molecule has 1 N–H and O–H groups in total. The van der Waals surface area contributed by atoms with Crippen molar-refractivity contribution < 1.29 is 4.79 Å². The SMILES string of the molecule is O=C(Nn1cc[c]n1)c1ccccc1. The number of aromatic nitrogens is 2. The highest BCUT2D eigenvalue weighted by molar-refractivity contribution is 5.99. The average molecular weight is 186 g/mol. The number of amides is 1. The van der Waals surface area contributed by atoms with E-state index in [2.05, 4.69) is 16.7 Å². The number of carbonyl (C=O) groups excluding carboxylic acids is 1. The molecule has 0 spiro atoms. The van der Waals surface area contributed by atoms with E-state index in [0.29, 0.717) is 5.56 Å². The lowest BCUT2D eigenvalue weighted by atomic mass is 10.2. The number of carbonyl (C=O) groups is 1. The van der Waals surface area contributed by atoms with Crippen molar-refractivity contribution in [3.8, 4) is 0 Å². The number of benzene rings is 1. The molecule has 4 heteroatoms. The molecule has 4 nitrogen and oxygen atoms in total. The fourth-order valence-electron chi connectivity index (χ4n) is 1.05. The summed E-state index contributed by atoms with van der Waals surface area (Å²) in [5.74, 6) is -0.192. The highest BCUT2D eigenvalue weighted by Crippen LogP contribution is 1.98. The van der Waals surface area contributed by atoms with Crippen LogP contribution in [0.15, 0.2) is 42.6 Å². The van der Waals surface area contributed by atoms with Crippen LogP contribution in [0.25, 0.3) is 0 Å². The molecule has 1 radical (unpaired) electrons. The first-order chi connectivity index (χ1) is 6.86. The molecule has 0 saturated heterocycles. The van der Waals surface area contributed by atoms with Gasteiger partial charge in [0.1, 0.15) is 6.20 Å². The first-order valence-corrected chi connectivity index (χ1v) is 4.14. The molecule has 0 saturated carbocycles. The maximum atomic E-state index is 11.5. The molecule has 0 aliphatic carbocycles. The minimum atomic E-state index is -0.192. The predicted molar refractivity (Wildman–Crippen MR) is 51.2 cm³/mol. The summed E-state index contributed by atoms with van der Waals surface area (Å²) in [4.78, 5) is 12.8. The van der Waals surface area contributed by atoms with Crippen molar-refractivity contribution in [2.24, 2.45) is 0 Å². The van der Waals surface area contributed by atoms with Crippen LogP contribution in [0.2, 0.25) is 0 Å². The zero-order chi connectivity index (χ0) is 9.80. The number of hydrogen-bond donors (Lipinski definition) is 1. The van der Waals surface area contributed by atoms with E-state index in [1.807, 2.05) is 18.2 Å². The van der Waals surface area contributed by atoms with Gasteiger partial charge < -0.3 is 0 Å². The third kappa shape index (κ3) is 1.80. The lowest BCUT2D eigenvalue weighted by molar-refractivity contribution is 0.100. The van der Waals surface area contributed by atoms with Gasteiger partial charge in [0.2, 0.25) is 0 Å². The molecule has 2 rings (SSSR count). The summed E-state index contributed by atoms with van der Waals surface area (Å²) in [5.41, 5.74) is 3.17. The molecule has 69 valence electrons. The topological polar surface area (TPSA) is 46.9 Å². The zero-order valence-corrected chi connectivity index (χ0v) is 7.34. The quantitative estimate of drug-likeness (QED) is 0.762. The second-order valence-electron chi connectivity index (χ2n) is 2.70. The molecule has 2 aromatic rings. The average Bonchev–Trinajstić information content (AvgIpc) is 2.72. The van der Waals surface area contributed by atoms with Gasteiger partial charge >= 0.3 is 0 Å². The van der Waals surface area contributed by atoms with Gasteiger partial charge in [-0.3, -0.25) is 4.79 Å². The van der Waals surface area contributed by atoms with E-state index in [1.165, 1.54) is 4.79 Å². The van der Waals surface area contributed by atoms with Crippen LogP contribution in [-0.4, -0.2) is 15.8 Å². The molecule has 0 fully saturated rings. The normalized spacial score (nSPS) is 9.71. The molecule has 0 aliphatic rings.